The van der Waals surface area contributed by atoms with E-state index in [1.54, 1.807) is 30.3 Å². The van der Waals surface area contributed by atoms with Crippen molar-refractivity contribution in [1.29, 1.82) is 0 Å². The highest BCUT2D eigenvalue weighted by molar-refractivity contribution is 9.11. The molecule has 9 heteroatoms. The van der Waals surface area contributed by atoms with Crippen LogP contribution in [-0.2, 0) is 4.79 Å². The highest BCUT2D eigenvalue weighted by Crippen LogP contribution is 2.33. The summed E-state index contributed by atoms with van der Waals surface area (Å²) in [5, 5.41) is 4.02. The Morgan fingerprint density at radius 2 is 1.77 bits per heavy atom. The lowest BCUT2D eigenvalue weighted by molar-refractivity contribution is -0.123. The standard InChI is InChI=1S/C26H23Br3N2O4/c1-15(2)19-9-8-16(3)10-23(19)34-14-24(32)31-30-13-17-11-18(27)12-22(29)25(17)35-26(33)20-6-4-5-7-21(20)28/h4-13,15H,14H2,1-3H3,(H,31,32). The lowest BCUT2D eigenvalue weighted by Gasteiger charge is -2.14. The average molecular weight is 667 g/mol. The Balaban J connectivity index is 1.70. The van der Waals surface area contributed by atoms with E-state index in [1.165, 1.54) is 6.21 Å². The van der Waals surface area contributed by atoms with Gasteiger partial charge < -0.3 is 9.47 Å². The summed E-state index contributed by atoms with van der Waals surface area (Å²) in [4.78, 5) is 25.0. The van der Waals surface area contributed by atoms with Crippen LogP contribution < -0.4 is 14.9 Å². The second-order valence-corrected chi connectivity index (χ2v) is 10.6. The van der Waals surface area contributed by atoms with Gasteiger partial charge in [0.25, 0.3) is 5.91 Å². The number of aryl methyl sites for hydroxylation is 1. The predicted molar refractivity (Wildman–Crippen MR) is 147 cm³/mol. The third-order valence-corrected chi connectivity index (χ3v) is 6.61. The van der Waals surface area contributed by atoms with Crippen LogP contribution in [0.3, 0.4) is 0 Å². The molecule has 3 aromatic rings. The maximum Gasteiger partial charge on any atom is 0.344 e. The quantitative estimate of drug-likeness (QED) is 0.120. The summed E-state index contributed by atoms with van der Waals surface area (Å²) in [6, 6.07) is 16.4. The van der Waals surface area contributed by atoms with Crippen molar-refractivity contribution in [1.82, 2.24) is 5.43 Å². The zero-order valence-electron chi connectivity index (χ0n) is 19.3. The van der Waals surface area contributed by atoms with Crippen LogP contribution in [0.5, 0.6) is 11.5 Å². The molecule has 3 aromatic carbocycles. The van der Waals surface area contributed by atoms with Gasteiger partial charge in [-0.15, -0.1) is 0 Å². The van der Waals surface area contributed by atoms with Crippen LogP contribution in [0.25, 0.3) is 0 Å². The normalized spacial score (nSPS) is 11.1. The number of nitrogens with one attached hydrogen (secondary N) is 1. The third kappa shape index (κ3) is 7.49. The first-order chi connectivity index (χ1) is 16.7. The number of carbonyl (C=O) groups excluding carboxylic acids is 2. The van der Waals surface area contributed by atoms with Crippen LogP contribution in [0, 0.1) is 6.92 Å². The van der Waals surface area contributed by atoms with Gasteiger partial charge in [0, 0.05) is 14.5 Å². The minimum Gasteiger partial charge on any atom is -0.483 e. The van der Waals surface area contributed by atoms with Gasteiger partial charge in [-0.25, -0.2) is 10.2 Å². The first-order valence-electron chi connectivity index (χ1n) is 10.7. The molecule has 0 fully saturated rings. The molecule has 0 heterocycles. The smallest absolute Gasteiger partial charge is 0.344 e. The van der Waals surface area contributed by atoms with E-state index in [0.717, 1.165) is 15.6 Å². The minimum atomic E-state index is -0.535. The summed E-state index contributed by atoms with van der Waals surface area (Å²) in [5.74, 6) is 0.255. The largest absolute Gasteiger partial charge is 0.483 e. The van der Waals surface area contributed by atoms with E-state index in [-0.39, 0.29) is 18.3 Å². The molecule has 1 N–H and O–H groups in total. The van der Waals surface area contributed by atoms with Crippen molar-refractivity contribution < 1.29 is 19.1 Å². The summed E-state index contributed by atoms with van der Waals surface area (Å²) in [6.07, 6.45) is 1.41. The molecule has 0 spiro atoms. The van der Waals surface area contributed by atoms with Crippen molar-refractivity contribution in [2.45, 2.75) is 26.7 Å². The maximum atomic E-state index is 12.7. The van der Waals surface area contributed by atoms with Crippen molar-refractivity contribution >= 4 is 65.9 Å². The third-order valence-electron chi connectivity index (χ3n) is 4.87. The van der Waals surface area contributed by atoms with Gasteiger partial charge in [-0.3, -0.25) is 4.79 Å². The SMILES string of the molecule is Cc1ccc(C(C)C)c(OCC(=O)NN=Cc2cc(Br)cc(Br)c2OC(=O)c2ccccc2Br)c1. The fourth-order valence-electron chi connectivity index (χ4n) is 3.15. The minimum absolute atomic E-state index is 0.188. The Morgan fingerprint density at radius 1 is 1.03 bits per heavy atom. The van der Waals surface area contributed by atoms with E-state index in [9.17, 15) is 9.59 Å². The van der Waals surface area contributed by atoms with Crippen molar-refractivity contribution in [3.8, 4) is 11.5 Å². The van der Waals surface area contributed by atoms with Crippen LogP contribution in [0.2, 0.25) is 0 Å². The Bertz CT molecular complexity index is 1280. The Labute approximate surface area is 229 Å². The van der Waals surface area contributed by atoms with Crippen molar-refractivity contribution in [3.05, 3.63) is 90.3 Å². The van der Waals surface area contributed by atoms with E-state index < -0.39 is 11.9 Å². The molecule has 0 aromatic heterocycles. The molecule has 0 radical (unpaired) electrons. The highest BCUT2D eigenvalue weighted by Gasteiger charge is 2.17. The predicted octanol–water partition coefficient (Wildman–Crippen LogP) is 7.15. The first kappa shape index (κ1) is 27.1. The molecule has 0 aliphatic heterocycles. The number of rotatable bonds is 8. The van der Waals surface area contributed by atoms with Crippen LogP contribution >= 0.6 is 47.8 Å². The first-order valence-corrected chi connectivity index (χ1v) is 13.0. The molecule has 182 valence electrons. The van der Waals surface area contributed by atoms with Gasteiger partial charge in [-0.05, 0) is 86.2 Å². The second kappa shape index (κ2) is 12.5. The number of benzene rings is 3. The number of carbonyl (C=O) groups is 2. The van der Waals surface area contributed by atoms with E-state index >= 15 is 0 Å². The lowest BCUT2D eigenvalue weighted by Crippen LogP contribution is -2.25. The molecule has 0 bridgehead atoms. The molecule has 0 saturated heterocycles. The van der Waals surface area contributed by atoms with Gasteiger partial charge in [0.2, 0.25) is 0 Å². The van der Waals surface area contributed by atoms with E-state index in [0.29, 0.717) is 25.8 Å². The maximum absolute atomic E-state index is 12.7. The lowest BCUT2D eigenvalue weighted by atomic mass is 10.0. The monoisotopic (exact) mass is 664 g/mol. The summed E-state index contributed by atoms with van der Waals surface area (Å²) in [6.45, 7) is 5.92. The number of hydrogen-bond acceptors (Lipinski definition) is 5. The summed E-state index contributed by atoms with van der Waals surface area (Å²) in [7, 11) is 0. The zero-order chi connectivity index (χ0) is 25.5. The fourth-order valence-corrected chi connectivity index (χ4v) is 4.94. The van der Waals surface area contributed by atoms with E-state index in [1.807, 2.05) is 31.2 Å². The molecule has 0 saturated carbocycles. The fraction of sp³-hybridized carbons (Fsp3) is 0.192. The van der Waals surface area contributed by atoms with Crippen LogP contribution in [0.15, 0.2) is 73.1 Å². The molecule has 0 aliphatic carbocycles. The number of hydrogen-bond donors (Lipinski definition) is 1. The molecule has 0 unspecified atom stereocenters. The van der Waals surface area contributed by atoms with E-state index in [2.05, 4.69) is 72.2 Å². The Morgan fingerprint density at radius 3 is 2.49 bits per heavy atom. The van der Waals surface area contributed by atoms with Gasteiger partial charge in [0.1, 0.15) is 5.75 Å². The Hall–Kier alpha value is -2.49. The molecule has 3 rings (SSSR count). The second-order valence-electron chi connectivity index (χ2n) is 7.95. The van der Waals surface area contributed by atoms with Gasteiger partial charge in [-0.1, -0.05) is 54.0 Å². The topological polar surface area (TPSA) is 77.0 Å². The zero-order valence-corrected chi connectivity index (χ0v) is 24.0. The van der Waals surface area contributed by atoms with Gasteiger partial charge >= 0.3 is 5.97 Å². The molecular weight excluding hydrogens is 644 g/mol. The summed E-state index contributed by atoms with van der Waals surface area (Å²) >= 11 is 10.2. The number of halogens is 3. The van der Waals surface area contributed by atoms with Crippen molar-refractivity contribution in [3.63, 3.8) is 0 Å². The van der Waals surface area contributed by atoms with Crippen LogP contribution in [-0.4, -0.2) is 24.7 Å². The summed E-state index contributed by atoms with van der Waals surface area (Å²) in [5.41, 5.74) is 5.39. The molecule has 1 amide bonds. The van der Waals surface area contributed by atoms with Gasteiger partial charge in [-0.2, -0.15) is 5.10 Å². The molecule has 0 atom stereocenters. The Kier molecular flexibility index (Phi) is 9.65. The van der Waals surface area contributed by atoms with Crippen molar-refractivity contribution in [2.24, 2.45) is 5.10 Å². The molecular formula is C26H23Br3N2O4. The average Bonchev–Trinajstić information content (AvgIpc) is 2.79. The number of nitrogens with zero attached hydrogens (tertiary/aromatic N) is 1. The molecule has 0 aliphatic rings. The molecule has 6 nitrogen and oxygen atoms in total. The van der Waals surface area contributed by atoms with Gasteiger partial charge in [0.15, 0.2) is 12.4 Å². The van der Waals surface area contributed by atoms with Gasteiger partial charge in [0.05, 0.1) is 16.3 Å². The number of esters is 1. The number of hydrazone groups is 1. The van der Waals surface area contributed by atoms with E-state index in [4.69, 9.17) is 9.47 Å². The van der Waals surface area contributed by atoms with Crippen LogP contribution in [0.4, 0.5) is 0 Å². The summed E-state index contributed by atoms with van der Waals surface area (Å²) < 4.78 is 13.3. The van der Waals surface area contributed by atoms with Crippen molar-refractivity contribution in [2.75, 3.05) is 6.61 Å². The number of ether oxygens (including phenoxy) is 2. The highest BCUT2D eigenvalue weighted by atomic mass is 79.9. The van der Waals surface area contributed by atoms with Crippen LogP contribution in [0.1, 0.15) is 46.8 Å². The number of amides is 1. The molecule has 35 heavy (non-hydrogen) atoms.